The molecular weight excluding hydrogens is 288 g/mol. The van der Waals surface area contributed by atoms with Crippen LogP contribution in [-0.4, -0.2) is 19.7 Å². The van der Waals surface area contributed by atoms with Crippen molar-refractivity contribution in [1.82, 2.24) is 5.48 Å². The summed E-state index contributed by atoms with van der Waals surface area (Å²) in [6.07, 6.45) is -0.828. The topological polar surface area (TPSA) is 73.6 Å². The lowest BCUT2D eigenvalue weighted by Gasteiger charge is -2.29. The summed E-state index contributed by atoms with van der Waals surface area (Å²) in [6, 6.07) is 7.46. The molecule has 17 heavy (non-hydrogen) atoms. The third kappa shape index (κ3) is 3.99. The number of hydroxylamine groups is 1. The summed E-state index contributed by atoms with van der Waals surface area (Å²) in [4.78, 5) is 15.7. The molecule has 0 heterocycles. The number of benzene rings is 1. The van der Waals surface area contributed by atoms with E-state index in [1.807, 2.05) is 24.3 Å². The molecule has 1 amide bonds. The van der Waals surface area contributed by atoms with Crippen LogP contribution >= 0.6 is 15.9 Å². The highest BCUT2D eigenvalue weighted by Crippen LogP contribution is 2.27. The average molecular weight is 303 g/mol. The minimum atomic E-state index is -0.883. The molecule has 0 spiro atoms. The molecule has 0 aliphatic rings. The Morgan fingerprint density at radius 1 is 1.59 bits per heavy atom. The van der Waals surface area contributed by atoms with Gasteiger partial charge in [0.05, 0.1) is 13.7 Å². The summed E-state index contributed by atoms with van der Waals surface area (Å²) >= 11 is 3.37. The van der Waals surface area contributed by atoms with Crippen molar-refractivity contribution in [3.63, 3.8) is 0 Å². The van der Waals surface area contributed by atoms with Gasteiger partial charge in [-0.3, -0.25) is 0 Å². The Labute approximate surface area is 108 Å². The van der Waals surface area contributed by atoms with Crippen molar-refractivity contribution in [3.05, 3.63) is 34.3 Å². The maximum atomic E-state index is 11.0. The number of hydrogen-bond donors (Lipinski definition) is 2. The second-order valence-corrected chi connectivity index (χ2v) is 4.60. The zero-order valence-electron chi connectivity index (χ0n) is 9.70. The van der Waals surface area contributed by atoms with Gasteiger partial charge >= 0.3 is 6.09 Å². The van der Waals surface area contributed by atoms with E-state index in [1.54, 1.807) is 6.92 Å². The van der Waals surface area contributed by atoms with E-state index in [2.05, 4.69) is 21.4 Å². The van der Waals surface area contributed by atoms with Crippen molar-refractivity contribution in [1.29, 1.82) is 0 Å². The smallest absolute Gasteiger partial charge is 0.405 e. The number of hydrogen-bond acceptors (Lipinski definition) is 4. The second-order valence-electron chi connectivity index (χ2n) is 3.69. The van der Waals surface area contributed by atoms with Gasteiger partial charge < -0.3 is 15.3 Å². The van der Waals surface area contributed by atoms with E-state index in [-0.39, 0.29) is 0 Å². The van der Waals surface area contributed by atoms with Crippen LogP contribution in [0.1, 0.15) is 12.5 Å². The summed E-state index contributed by atoms with van der Waals surface area (Å²) in [5.41, 5.74) is 7.68. The van der Waals surface area contributed by atoms with Gasteiger partial charge in [-0.05, 0) is 24.6 Å². The number of nitrogens with one attached hydrogen (secondary N) is 1. The summed E-state index contributed by atoms with van der Waals surface area (Å²) in [6.45, 7) is 2.05. The molecule has 3 N–H and O–H groups in total. The second kappa shape index (κ2) is 6.00. The number of primary amides is 1. The van der Waals surface area contributed by atoms with E-state index in [0.29, 0.717) is 6.54 Å². The lowest BCUT2D eigenvalue weighted by atomic mass is 9.96. The largest absolute Gasteiger partial charge is 0.437 e. The number of carbonyl (C=O) groups excluding carboxylic acids is 1. The van der Waals surface area contributed by atoms with Gasteiger partial charge in [0.25, 0.3) is 0 Å². The molecule has 0 aromatic heterocycles. The van der Waals surface area contributed by atoms with Crippen LogP contribution in [0.4, 0.5) is 4.79 Å². The molecule has 0 radical (unpaired) electrons. The fourth-order valence-corrected chi connectivity index (χ4v) is 1.85. The van der Waals surface area contributed by atoms with Crippen molar-refractivity contribution >= 4 is 22.0 Å². The van der Waals surface area contributed by atoms with Crippen LogP contribution in [0.2, 0.25) is 0 Å². The first-order valence-corrected chi connectivity index (χ1v) is 5.77. The van der Waals surface area contributed by atoms with E-state index in [4.69, 9.17) is 15.3 Å². The Morgan fingerprint density at radius 2 is 2.29 bits per heavy atom. The third-order valence-electron chi connectivity index (χ3n) is 2.31. The average Bonchev–Trinajstić information content (AvgIpc) is 2.25. The molecule has 5 nitrogen and oxygen atoms in total. The summed E-state index contributed by atoms with van der Waals surface area (Å²) in [7, 11) is 1.49. The molecule has 0 fully saturated rings. The quantitative estimate of drug-likeness (QED) is 0.815. The van der Waals surface area contributed by atoms with Gasteiger partial charge in [-0.1, -0.05) is 28.1 Å². The number of halogens is 1. The summed E-state index contributed by atoms with van der Waals surface area (Å²) in [5.74, 6) is 0. The predicted molar refractivity (Wildman–Crippen MR) is 67.2 cm³/mol. The Morgan fingerprint density at radius 3 is 2.82 bits per heavy atom. The fourth-order valence-electron chi connectivity index (χ4n) is 1.45. The SMILES string of the molecule is CONCC(C)(OC(N)=O)c1cccc(Br)c1. The van der Waals surface area contributed by atoms with Gasteiger partial charge in [0.2, 0.25) is 0 Å². The molecule has 1 rings (SSSR count). The molecule has 1 aromatic carbocycles. The van der Waals surface area contributed by atoms with E-state index in [9.17, 15) is 4.79 Å². The molecule has 0 saturated carbocycles. The third-order valence-corrected chi connectivity index (χ3v) is 2.81. The maximum absolute atomic E-state index is 11.0. The van der Waals surface area contributed by atoms with Gasteiger partial charge in [0, 0.05) is 4.47 Å². The van der Waals surface area contributed by atoms with Crippen molar-refractivity contribution < 1.29 is 14.4 Å². The van der Waals surface area contributed by atoms with Crippen molar-refractivity contribution in [3.8, 4) is 0 Å². The van der Waals surface area contributed by atoms with E-state index in [1.165, 1.54) is 7.11 Å². The van der Waals surface area contributed by atoms with E-state index in [0.717, 1.165) is 10.0 Å². The van der Waals surface area contributed by atoms with Crippen LogP contribution in [0.5, 0.6) is 0 Å². The first-order chi connectivity index (χ1) is 7.98. The lowest BCUT2D eigenvalue weighted by molar-refractivity contribution is -0.0162. The molecule has 0 bridgehead atoms. The van der Waals surface area contributed by atoms with E-state index < -0.39 is 11.7 Å². The predicted octanol–water partition coefficient (Wildman–Crippen LogP) is 1.91. The molecule has 6 heteroatoms. The number of ether oxygens (including phenoxy) is 1. The van der Waals surface area contributed by atoms with Gasteiger partial charge in [0.1, 0.15) is 0 Å². The first kappa shape index (κ1) is 14.0. The van der Waals surface area contributed by atoms with Crippen molar-refractivity contribution in [2.24, 2.45) is 5.73 Å². The number of nitrogens with two attached hydrogens (primary N) is 1. The molecule has 1 unspecified atom stereocenters. The Bertz CT molecular complexity index is 400. The zero-order valence-corrected chi connectivity index (χ0v) is 11.3. The number of amides is 1. The number of rotatable bonds is 5. The van der Waals surface area contributed by atoms with Crippen LogP contribution < -0.4 is 11.2 Å². The fraction of sp³-hybridized carbons (Fsp3) is 0.364. The minimum Gasteiger partial charge on any atom is -0.437 e. The van der Waals surface area contributed by atoms with Gasteiger partial charge in [-0.2, -0.15) is 5.48 Å². The Hall–Kier alpha value is -1.11. The van der Waals surface area contributed by atoms with Crippen LogP contribution in [-0.2, 0) is 15.2 Å². The molecule has 1 atom stereocenters. The Balaban J connectivity index is 2.99. The van der Waals surface area contributed by atoms with Gasteiger partial charge in [-0.15, -0.1) is 0 Å². The minimum absolute atomic E-state index is 0.295. The summed E-state index contributed by atoms with van der Waals surface area (Å²) in [5, 5.41) is 0. The molecule has 0 aliphatic carbocycles. The van der Waals surface area contributed by atoms with Crippen LogP contribution in [0.25, 0.3) is 0 Å². The first-order valence-electron chi connectivity index (χ1n) is 4.98. The van der Waals surface area contributed by atoms with Crippen LogP contribution in [0, 0.1) is 0 Å². The van der Waals surface area contributed by atoms with Crippen LogP contribution in [0.3, 0.4) is 0 Å². The maximum Gasteiger partial charge on any atom is 0.405 e. The van der Waals surface area contributed by atoms with E-state index >= 15 is 0 Å². The normalized spacial score (nSPS) is 14.1. The highest BCUT2D eigenvalue weighted by molar-refractivity contribution is 9.10. The van der Waals surface area contributed by atoms with Crippen LogP contribution in [0.15, 0.2) is 28.7 Å². The van der Waals surface area contributed by atoms with Crippen molar-refractivity contribution in [2.75, 3.05) is 13.7 Å². The lowest BCUT2D eigenvalue weighted by Crippen LogP contribution is -2.40. The standard InChI is InChI=1S/C11H15BrN2O3/c1-11(7-14-16-2,17-10(13)15)8-4-3-5-9(12)6-8/h3-6,14H,7H2,1-2H3,(H2,13,15). The number of carbonyl (C=O) groups is 1. The molecular formula is C11H15BrN2O3. The molecule has 94 valence electrons. The highest BCUT2D eigenvalue weighted by Gasteiger charge is 2.30. The van der Waals surface area contributed by atoms with Gasteiger partial charge in [-0.25, -0.2) is 4.79 Å². The molecule has 0 aliphatic heterocycles. The summed E-state index contributed by atoms with van der Waals surface area (Å²) < 4.78 is 6.05. The Kier molecular flexibility index (Phi) is 4.92. The molecule has 0 saturated heterocycles. The zero-order chi connectivity index (χ0) is 12.9. The molecule has 1 aromatic rings. The highest BCUT2D eigenvalue weighted by atomic mass is 79.9. The van der Waals surface area contributed by atoms with Gasteiger partial charge in [0.15, 0.2) is 5.60 Å². The monoisotopic (exact) mass is 302 g/mol. The van der Waals surface area contributed by atoms with Crippen molar-refractivity contribution in [2.45, 2.75) is 12.5 Å².